The summed E-state index contributed by atoms with van der Waals surface area (Å²) >= 11 is 0. The van der Waals surface area contributed by atoms with Gasteiger partial charge < -0.3 is 18.9 Å². The van der Waals surface area contributed by atoms with Gasteiger partial charge in [-0.2, -0.15) is 0 Å². The molecule has 150 heavy (non-hydrogen) atoms. The number of aromatic nitrogens is 2. The zero-order valence-corrected chi connectivity index (χ0v) is 82.4. The van der Waals surface area contributed by atoms with E-state index in [1.165, 1.54) is 99.3 Å². The lowest BCUT2D eigenvalue weighted by Crippen LogP contribution is -2.28. The highest BCUT2D eigenvalue weighted by molar-refractivity contribution is 6.15. The van der Waals surface area contributed by atoms with E-state index in [9.17, 15) is 0 Å². The second kappa shape index (κ2) is 37.0. The van der Waals surface area contributed by atoms with E-state index in [-0.39, 0.29) is 0 Å². The second-order valence-corrected chi connectivity index (χ2v) is 39.5. The molecule has 0 atom stereocenters. The number of anilines is 6. The third-order valence-electron chi connectivity index (χ3n) is 31.5. The van der Waals surface area contributed by atoms with Crippen LogP contribution in [0.1, 0.15) is 44.5 Å². The minimum absolute atomic E-state index is 0.632. The van der Waals surface area contributed by atoms with Crippen molar-refractivity contribution in [2.45, 2.75) is 10.8 Å². The largest absolute Gasteiger partial charge is 0.310 e. The SMILES string of the molecule is c1ccc(-c2ccccc2-c2c(-c3ccccc3)cccc2N(c2ccc(-c3ccc4c(c3)c3ccccc3n4-c3ccc(-c4ccc5c(c4)-c4ccc(N(c6ccc(-c7cccc8c9ccccc9n(-c9ccccc9)c78)cc6)c6cccc(-c7ccccc7)c6-c6ccccc6-c6ccccc6)cc4C5(c4ccccc4)c4ccccc4)cc3)cc2)c2ccc3c(c2)C(c2ccccc2)(c2ccccc2)c2ccccc2-3)cc1. The third-order valence-corrected chi connectivity index (χ3v) is 31.5. The topological polar surface area (TPSA) is 16.3 Å². The molecular formula is C146H98N4. The van der Waals surface area contributed by atoms with Crippen molar-refractivity contribution in [1.29, 1.82) is 0 Å². The zero-order chi connectivity index (χ0) is 99.2. The summed E-state index contributed by atoms with van der Waals surface area (Å²) in [6.45, 7) is 0. The minimum atomic E-state index is -0.761. The molecule has 0 aliphatic heterocycles. The molecule has 4 nitrogen and oxygen atoms in total. The molecule has 0 amide bonds. The van der Waals surface area contributed by atoms with Crippen LogP contribution in [0, 0.1) is 0 Å². The number of hydrogen-bond donors (Lipinski definition) is 0. The lowest BCUT2D eigenvalue weighted by atomic mass is 9.67. The van der Waals surface area contributed by atoms with Crippen LogP contribution in [0.5, 0.6) is 0 Å². The Morgan fingerprint density at radius 3 is 0.940 bits per heavy atom. The Morgan fingerprint density at radius 2 is 0.453 bits per heavy atom. The van der Waals surface area contributed by atoms with Gasteiger partial charge in [-0.05, 0) is 265 Å². The summed E-state index contributed by atoms with van der Waals surface area (Å²) in [5.41, 5.74) is 46.8. The Hall–Kier alpha value is -19.5. The van der Waals surface area contributed by atoms with E-state index in [0.717, 1.165) is 157 Å². The normalized spacial score (nSPS) is 12.5. The lowest BCUT2D eigenvalue weighted by Gasteiger charge is -2.35. The lowest BCUT2D eigenvalue weighted by molar-refractivity contribution is 0.768. The molecule has 4 heteroatoms. The number of benzene rings is 24. The van der Waals surface area contributed by atoms with Gasteiger partial charge in [0.25, 0.3) is 0 Å². The maximum Gasteiger partial charge on any atom is 0.0714 e. The van der Waals surface area contributed by atoms with Crippen LogP contribution >= 0.6 is 0 Å². The monoisotopic (exact) mass is 1910 g/mol. The van der Waals surface area contributed by atoms with Gasteiger partial charge in [-0.25, -0.2) is 0 Å². The average molecular weight is 1910 g/mol. The molecular weight excluding hydrogens is 1810 g/mol. The standard InChI is InChI=1S/C146H98N4/c1-10-41-101(42-11-1)118-59-28-30-64-128(118)142-120(103-45-14-3-15-46-103)66-39-73-140(142)147(116-89-91-124-123-61-32-35-70-133(123)145(135(124)97-116,108-49-18-5-19-50-108)109-51-20-6-21-52-109)113-83-75-100(76-84-113)107-82-94-139-132(96-107)127-63-34-36-71-137(127)149(139)115-85-77-99(78-86-115)106-81-93-134-131(95-106)125-92-90-117(98-136(125)146(134,110-53-22-7-23-54-110)111-55-24-8-25-56-111)148(141-74-40-67-121(104-47-16-4-17-48-104)143(141)129-65-31-29-60-119(129)102-43-12-2-13-44-102)114-87-79-105(80-88-114)122-68-38-69-130-126-62-33-37-72-138(126)150(144(122)130)112-57-26-9-27-58-112/h1-98H. The number of para-hydroxylation sites is 4. The van der Waals surface area contributed by atoms with Gasteiger partial charge >= 0.3 is 0 Å². The van der Waals surface area contributed by atoms with Crippen LogP contribution in [0.25, 0.3) is 177 Å². The van der Waals surface area contributed by atoms with Crippen molar-refractivity contribution >= 4 is 77.7 Å². The molecule has 0 bridgehead atoms. The van der Waals surface area contributed by atoms with Crippen LogP contribution < -0.4 is 9.80 Å². The van der Waals surface area contributed by atoms with Gasteiger partial charge in [0.2, 0.25) is 0 Å². The van der Waals surface area contributed by atoms with Crippen molar-refractivity contribution in [3.63, 3.8) is 0 Å². The Labute approximate surface area is 873 Å². The predicted molar refractivity (Wildman–Crippen MR) is 628 cm³/mol. The predicted octanol–water partition coefficient (Wildman–Crippen LogP) is 38.5. The highest BCUT2D eigenvalue weighted by atomic mass is 15.2. The first kappa shape index (κ1) is 88.2. The molecule has 26 aromatic rings. The fourth-order valence-electron chi connectivity index (χ4n) is 25.0. The van der Waals surface area contributed by atoms with Gasteiger partial charge in [-0.1, -0.05) is 479 Å². The van der Waals surface area contributed by atoms with Gasteiger partial charge in [-0.15, -0.1) is 0 Å². The average Bonchev–Trinajstić information content (AvgIpc) is 1.53. The quantitative estimate of drug-likeness (QED) is 0.0713. The molecule has 0 saturated heterocycles. The first-order chi connectivity index (χ1) is 74.5. The number of hydrogen-bond acceptors (Lipinski definition) is 2. The molecule has 0 saturated carbocycles. The second-order valence-electron chi connectivity index (χ2n) is 39.5. The van der Waals surface area contributed by atoms with Crippen molar-refractivity contribution < 1.29 is 0 Å². The molecule has 0 N–H and O–H groups in total. The van der Waals surface area contributed by atoms with Crippen molar-refractivity contribution in [2.24, 2.45) is 0 Å². The van der Waals surface area contributed by atoms with Crippen molar-refractivity contribution in [3.05, 3.63) is 639 Å². The molecule has 0 radical (unpaired) electrons. The Kier molecular flexibility index (Phi) is 21.7. The van der Waals surface area contributed by atoms with Crippen molar-refractivity contribution in [3.8, 4) is 134 Å². The summed E-state index contributed by atoms with van der Waals surface area (Å²) in [6.07, 6.45) is 0. The number of nitrogens with zero attached hydrogens (tertiary/aromatic N) is 4. The summed E-state index contributed by atoms with van der Waals surface area (Å²) < 4.78 is 4.90. The number of fused-ring (bicyclic) bond motifs is 12. The maximum absolute atomic E-state index is 2.54. The first-order valence-corrected chi connectivity index (χ1v) is 51.9. The van der Waals surface area contributed by atoms with Crippen LogP contribution in [0.3, 0.4) is 0 Å². The van der Waals surface area contributed by atoms with Crippen LogP contribution in [-0.2, 0) is 10.8 Å². The molecule has 0 fully saturated rings. The van der Waals surface area contributed by atoms with Crippen LogP contribution in [0.15, 0.2) is 595 Å². The summed E-state index contributed by atoms with van der Waals surface area (Å²) in [6, 6.07) is 222. The van der Waals surface area contributed by atoms with Gasteiger partial charge in [0, 0.05) is 72.4 Å². The Balaban J connectivity index is 0.569. The molecule has 2 aromatic heterocycles. The van der Waals surface area contributed by atoms with E-state index < -0.39 is 10.8 Å². The minimum Gasteiger partial charge on any atom is -0.310 e. The Morgan fingerprint density at radius 1 is 0.147 bits per heavy atom. The summed E-state index contributed by atoms with van der Waals surface area (Å²) in [4.78, 5) is 5.07. The molecule has 0 spiro atoms. The van der Waals surface area contributed by atoms with E-state index >= 15 is 0 Å². The highest BCUT2D eigenvalue weighted by Gasteiger charge is 2.49. The molecule has 28 rings (SSSR count). The van der Waals surface area contributed by atoms with E-state index in [1.807, 2.05) is 0 Å². The van der Waals surface area contributed by atoms with E-state index in [2.05, 4.69) is 613 Å². The summed E-state index contributed by atoms with van der Waals surface area (Å²) in [5.74, 6) is 0. The third kappa shape index (κ3) is 14.5. The molecule has 2 heterocycles. The summed E-state index contributed by atoms with van der Waals surface area (Å²) in [5, 5.41) is 4.80. The van der Waals surface area contributed by atoms with Gasteiger partial charge in [-0.3, -0.25) is 0 Å². The molecule has 2 aliphatic rings. The van der Waals surface area contributed by atoms with E-state index in [0.29, 0.717) is 0 Å². The molecule has 24 aromatic carbocycles. The zero-order valence-electron chi connectivity index (χ0n) is 82.4. The summed E-state index contributed by atoms with van der Waals surface area (Å²) in [7, 11) is 0. The molecule has 0 unspecified atom stereocenters. The van der Waals surface area contributed by atoms with E-state index in [1.54, 1.807) is 0 Å². The van der Waals surface area contributed by atoms with Crippen molar-refractivity contribution in [2.75, 3.05) is 9.80 Å². The van der Waals surface area contributed by atoms with Crippen molar-refractivity contribution in [1.82, 2.24) is 9.13 Å². The molecule has 702 valence electrons. The van der Waals surface area contributed by atoms with E-state index in [4.69, 9.17) is 0 Å². The molecule has 2 aliphatic carbocycles. The fourth-order valence-corrected chi connectivity index (χ4v) is 25.0. The smallest absolute Gasteiger partial charge is 0.0714 e. The number of rotatable bonds is 21. The maximum atomic E-state index is 2.54. The fraction of sp³-hybridized carbons (Fsp3) is 0.0137. The van der Waals surface area contributed by atoms with Gasteiger partial charge in [0.15, 0.2) is 0 Å². The first-order valence-electron chi connectivity index (χ1n) is 51.9. The van der Waals surface area contributed by atoms with Crippen LogP contribution in [0.4, 0.5) is 34.1 Å². The van der Waals surface area contributed by atoms with Crippen LogP contribution in [0.2, 0.25) is 0 Å². The Bertz CT molecular complexity index is 9540. The van der Waals surface area contributed by atoms with Gasteiger partial charge in [0.05, 0.1) is 44.3 Å². The highest BCUT2D eigenvalue weighted by Crippen LogP contribution is 2.62. The van der Waals surface area contributed by atoms with Crippen LogP contribution in [-0.4, -0.2) is 9.13 Å². The van der Waals surface area contributed by atoms with Gasteiger partial charge in [0.1, 0.15) is 0 Å².